The first kappa shape index (κ1) is 17.8. The first-order valence-electron chi connectivity index (χ1n) is 8.85. The van der Waals surface area contributed by atoms with Crippen LogP contribution in [0.3, 0.4) is 0 Å². The number of nitrogens with one attached hydrogen (secondary N) is 1. The van der Waals surface area contributed by atoms with E-state index in [1.807, 2.05) is 6.92 Å². The SMILES string of the molecule is Cc1cncc(C(=O)N2CCNC(=O)C2Cc2nc(-c3ccncc3)no2)c1. The number of rotatable bonds is 4. The van der Waals surface area contributed by atoms with Crippen LogP contribution in [0.2, 0.25) is 0 Å². The maximum absolute atomic E-state index is 13.0. The van der Waals surface area contributed by atoms with Crippen molar-refractivity contribution in [3.05, 3.63) is 60.0 Å². The Labute approximate surface area is 160 Å². The summed E-state index contributed by atoms with van der Waals surface area (Å²) in [4.78, 5) is 39.3. The van der Waals surface area contributed by atoms with Crippen molar-refractivity contribution in [2.24, 2.45) is 0 Å². The highest BCUT2D eigenvalue weighted by molar-refractivity contribution is 5.98. The molecular formula is C19H18N6O3. The fourth-order valence-corrected chi connectivity index (χ4v) is 3.12. The maximum atomic E-state index is 13.0. The molecule has 1 aliphatic rings. The van der Waals surface area contributed by atoms with Crippen LogP contribution in [0.25, 0.3) is 11.4 Å². The number of nitrogens with zero attached hydrogens (tertiary/aromatic N) is 5. The lowest BCUT2D eigenvalue weighted by atomic mass is 10.1. The topological polar surface area (TPSA) is 114 Å². The highest BCUT2D eigenvalue weighted by Gasteiger charge is 2.35. The summed E-state index contributed by atoms with van der Waals surface area (Å²) in [6.07, 6.45) is 6.59. The fraction of sp³-hybridized carbons (Fsp3) is 0.263. The molecule has 0 spiro atoms. The molecule has 0 bridgehead atoms. The van der Waals surface area contributed by atoms with Crippen molar-refractivity contribution in [3.63, 3.8) is 0 Å². The molecule has 1 atom stereocenters. The van der Waals surface area contributed by atoms with E-state index in [4.69, 9.17) is 4.52 Å². The fourth-order valence-electron chi connectivity index (χ4n) is 3.12. The number of aromatic nitrogens is 4. The third-order valence-corrected chi connectivity index (χ3v) is 4.49. The number of carbonyl (C=O) groups is 2. The molecule has 1 saturated heterocycles. The third-order valence-electron chi connectivity index (χ3n) is 4.49. The second-order valence-corrected chi connectivity index (χ2v) is 6.51. The van der Waals surface area contributed by atoms with Gasteiger partial charge < -0.3 is 14.7 Å². The van der Waals surface area contributed by atoms with Crippen LogP contribution in [0, 0.1) is 6.92 Å². The van der Waals surface area contributed by atoms with Gasteiger partial charge in [0.1, 0.15) is 6.04 Å². The largest absolute Gasteiger partial charge is 0.353 e. The zero-order chi connectivity index (χ0) is 19.5. The summed E-state index contributed by atoms with van der Waals surface area (Å²) in [5.41, 5.74) is 2.09. The lowest BCUT2D eigenvalue weighted by Gasteiger charge is -2.34. The summed E-state index contributed by atoms with van der Waals surface area (Å²) >= 11 is 0. The molecule has 0 radical (unpaired) electrons. The molecule has 1 N–H and O–H groups in total. The number of pyridine rings is 2. The molecule has 9 heteroatoms. The van der Waals surface area contributed by atoms with Crippen LogP contribution in [-0.4, -0.2) is 56.0 Å². The second kappa shape index (κ2) is 7.55. The number of carbonyl (C=O) groups excluding carboxylic acids is 2. The van der Waals surface area contributed by atoms with Crippen molar-refractivity contribution in [2.75, 3.05) is 13.1 Å². The van der Waals surface area contributed by atoms with Crippen molar-refractivity contribution in [1.82, 2.24) is 30.3 Å². The number of amides is 2. The molecule has 4 rings (SSSR count). The zero-order valence-corrected chi connectivity index (χ0v) is 15.2. The lowest BCUT2D eigenvalue weighted by Crippen LogP contribution is -2.58. The molecule has 28 heavy (non-hydrogen) atoms. The molecule has 0 saturated carbocycles. The Balaban J connectivity index is 1.57. The van der Waals surface area contributed by atoms with Crippen LogP contribution in [0.15, 0.2) is 47.5 Å². The number of hydrogen-bond donors (Lipinski definition) is 1. The second-order valence-electron chi connectivity index (χ2n) is 6.51. The Morgan fingerprint density at radius 3 is 2.89 bits per heavy atom. The number of aryl methyl sites for hydroxylation is 1. The summed E-state index contributed by atoms with van der Waals surface area (Å²) in [6, 6.07) is 4.56. The van der Waals surface area contributed by atoms with Crippen LogP contribution in [0.4, 0.5) is 0 Å². The van der Waals surface area contributed by atoms with E-state index in [-0.39, 0.29) is 24.1 Å². The Kier molecular flexibility index (Phi) is 4.79. The molecule has 4 heterocycles. The first-order valence-corrected chi connectivity index (χ1v) is 8.85. The smallest absolute Gasteiger partial charge is 0.256 e. The molecule has 2 amide bonds. The molecular weight excluding hydrogens is 360 g/mol. The van der Waals surface area contributed by atoms with E-state index in [0.717, 1.165) is 11.1 Å². The highest BCUT2D eigenvalue weighted by Crippen LogP contribution is 2.18. The highest BCUT2D eigenvalue weighted by atomic mass is 16.5. The summed E-state index contributed by atoms with van der Waals surface area (Å²) in [7, 11) is 0. The van der Waals surface area contributed by atoms with Crippen LogP contribution in [0.5, 0.6) is 0 Å². The van der Waals surface area contributed by atoms with Gasteiger partial charge in [0.25, 0.3) is 5.91 Å². The van der Waals surface area contributed by atoms with Gasteiger partial charge in [-0.3, -0.25) is 19.6 Å². The average Bonchev–Trinajstić information content (AvgIpc) is 3.18. The van der Waals surface area contributed by atoms with Crippen LogP contribution >= 0.6 is 0 Å². The van der Waals surface area contributed by atoms with Gasteiger partial charge in [0.05, 0.1) is 12.0 Å². The Morgan fingerprint density at radius 2 is 2.11 bits per heavy atom. The van der Waals surface area contributed by atoms with Gasteiger partial charge in [-0.05, 0) is 30.7 Å². The van der Waals surface area contributed by atoms with Crippen LogP contribution in [0.1, 0.15) is 21.8 Å². The average molecular weight is 378 g/mol. The normalized spacial score (nSPS) is 16.7. The Morgan fingerprint density at radius 1 is 1.29 bits per heavy atom. The molecule has 1 fully saturated rings. The van der Waals surface area contributed by atoms with Crippen molar-refractivity contribution in [1.29, 1.82) is 0 Å². The molecule has 142 valence electrons. The van der Waals surface area contributed by atoms with Crippen molar-refractivity contribution < 1.29 is 14.1 Å². The minimum atomic E-state index is -0.729. The summed E-state index contributed by atoms with van der Waals surface area (Å²) in [6.45, 7) is 2.66. The van der Waals surface area contributed by atoms with E-state index < -0.39 is 6.04 Å². The van der Waals surface area contributed by atoms with E-state index in [1.165, 1.54) is 11.1 Å². The molecule has 3 aromatic heterocycles. The van der Waals surface area contributed by atoms with Crippen molar-refractivity contribution >= 4 is 11.8 Å². The standard InChI is InChI=1S/C19H18N6O3/c1-12-8-14(11-21-10-12)19(27)25-7-6-22-18(26)15(25)9-16-23-17(24-28-16)13-2-4-20-5-3-13/h2-5,8,10-11,15H,6-7,9H2,1H3,(H,22,26). The third kappa shape index (κ3) is 3.59. The predicted octanol–water partition coefficient (Wildman–Crippen LogP) is 1.02. The predicted molar refractivity (Wildman–Crippen MR) is 98.0 cm³/mol. The minimum absolute atomic E-state index is 0.134. The van der Waals surface area contributed by atoms with Gasteiger partial charge in [0.2, 0.25) is 17.6 Å². The molecule has 0 aromatic carbocycles. The van der Waals surface area contributed by atoms with Crippen molar-refractivity contribution in [2.45, 2.75) is 19.4 Å². The summed E-state index contributed by atoms with van der Waals surface area (Å²) in [5.74, 6) is 0.206. The van der Waals surface area contributed by atoms with Gasteiger partial charge in [-0.2, -0.15) is 4.98 Å². The summed E-state index contributed by atoms with van der Waals surface area (Å²) < 4.78 is 5.31. The monoisotopic (exact) mass is 378 g/mol. The first-order chi connectivity index (χ1) is 13.6. The van der Waals surface area contributed by atoms with Gasteiger partial charge in [0, 0.05) is 43.4 Å². The lowest BCUT2D eigenvalue weighted by molar-refractivity contribution is -0.127. The minimum Gasteiger partial charge on any atom is -0.353 e. The van der Waals surface area contributed by atoms with Gasteiger partial charge in [-0.15, -0.1) is 0 Å². The van der Waals surface area contributed by atoms with E-state index >= 15 is 0 Å². The Hall–Kier alpha value is -3.62. The van der Waals surface area contributed by atoms with E-state index in [1.54, 1.807) is 36.8 Å². The number of hydrogen-bond acceptors (Lipinski definition) is 7. The van der Waals surface area contributed by atoms with Gasteiger partial charge >= 0.3 is 0 Å². The van der Waals surface area contributed by atoms with Gasteiger partial charge in [-0.1, -0.05) is 5.16 Å². The van der Waals surface area contributed by atoms with Crippen LogP contribution in [-0.2, 0) is 11.2 Å². The molecule has 0 aliphatic carbocycles. The van der Waals surface area contributed by atoms with Crippen LogP contribution < -0.4 is 5.32 Å². The maximum Gasteiger partial charge on any atom is 0.256 e. The van der Waals surface area contributed by atoms with Gasteiger partial charge in [0.15, 0.2) is 0 Å². The number of piperazine rings is 1. The zero-order valence-electron chi connectivity index (χ0n) is 15.2. The molecule has 9 nitrogen and oxygen atoms in total. The summed E-state index contributed by atoms with van der Waals surface area (Å²) in [5, 5.41) is 6.75. The van der Waals surface area contributed by atoms with E-state index in [0.29, 0.717) is 24.5 Å². The Bertz CT molecular complexity index is 1000. The quantitative estimate of drug-likeness (QED) is 0.721. The van der Waals surface area contributed by atoms with Gasteiger partial charge in [-0.25, -0.2) is 0 Å². The van der Waals surface area contributed by atoms with E-state index in [2.05, 4.69) is 25.4 Å². The molecule has 1 unspecified atom stereocenters. The van der Waals surface area contributed by atoms with E-state index in [9.17, 15) is 9.59 Å². The molecule has 3 aromatic rings. The van der Waals surface area contributed by atoms with Crippen molar-refractivity contribution in [3.8, 4) is 11.4 Å². The molecule has 1 aliphatic heterocycles.